The lowest BCUT2D eigenvalue weighted by Crippen LogP contribution is -2.40. The van der Waals surface area contributed by atoms with Crippen molar-refractivity contribution in [2.24, 2.45) is 4.99 Å². The van der Waals surface area contributed by atoms with Gasteiger partial charge in [-0.3, -0.25) is 9.79 Å². The van der Waals surface area contributed by atoms with E-state index < -0.39 is 0 Å². The van der Waals surface area contributed by atoms with Crippen molar-refractivity contribution in [3.63, 3.8) is 0 Å². The van der Waals surface area contributed by atoms with E-state index >= 15 is 0 Å². The molecule has 1 aliphatic heterocycles. The van der Waals surface area contributed by atoms with E-state index in [4.69, 9.17) is 0 Å². The molecule has 0 aliphatic carbocycles. The molecule has 0 saturated carbocycles. The molecule has 1 aliphatic rings. The number of para-hydroxylation sites is 1. The van der Waals surface area contributed by atoms with Gasteiger partial charge in [0.1, 0.15) is 0 Å². The van der Waals surface area contributed by atoms with Gasteiger partial charge in [-0.15, -0.1) is 24.0 Å². The molecule has 1 atom stereocenters. The molecule has 0 spiro atoms. The second-order valence-corrected chi connectivity index (χ2v) is 8.55. The Bertz CT molecular complexity index is 1060. The lowest BCUT2D eigenvalue weighted by Gasteiger charge is -2.26. The summed E-state index contributed by atoms with van der Waals surface area (Å²) in [6, 6.07) is 26.9. The van der Waals surface area contributed by atoms with E-state index in [0.29, 0.717) is 19.5 Å². The number of aliphatic imine (C=N–C) groups is 1. The van der Waals surface area contributed by atoms with Crippen LogP contribution in [0, 0.1) is 0 Å². The summed E-state index contributed by atoms with van der Waals surface area (Å²) in [5.74, 6) is 0.908. The van der Waals surface area contributed by atoms with Crippen LogP contribution in [-0.4, -0.2) is 25.5 Å². The molecule has 0 bridgehead atoms. The van der Waals surface area contributed by atoms with Gasteiger partial charge in [-0.2, -0.15) is 0 Å². The molecule has 3 aromatic carbocycles. The van der Waals surface area contributed by atoms with Crippen molar-refractivity contribution in [3.05, 3.63) is 90.0 Å². The molecule has 5 nitrogen and oxygen atoms in total. The smallest absolute Gasteiger partial charge is 0.225 e. The molecule has 4 rings (SSSR count). The lowest BCUT2D eigenvalue weighted by molar-refractivity contribution is -0.116. The van der Waals surface area contributed by atoms with Crippen LogP contribution >= 0.6 is 35.7 Å². The minimum absolute atomic E-state index is 0. The largest absolute Gasteiger partial charge is 0.356 e. The number of hydrogen-bond donors (Lipinski definition) is 3. The number of carbonyl (C=O) groups excluding carboxylic acids is 1. The molecule has 0 fully saturated rings. The van der Waals surface area contributed by atoms with E-state index in [1.165, 1.54) is 15.4 Å². The van der Waals surface area contributed by atoms with Crippen molar-refractivity contribution >= 4 is 53.3 Å². The average molecular weight is 558 g/mol. The van der Waals surface area contributed by atoms with Gasteiger partial charge in [0.15, 0.2) is 5.96 Å². The second kappa shape index (κ2) is 11.9. The number of halogens is 1. The maximum Gasteiger partial charge on any atom is 0.225 e. The number of fused-ring (bicyclic) bond motifs is 1. The minimum Gasteiger partial charge on any atom is -0.356 e. The van der Waals surface area contributed by atoms with Crippen molar-refractivity contribution in [1.82, 2.24) is 10.6 Å². The average Bonchev–Trinajstić information content (AvgIpc) is 2.80. The number of carbonyl (C=O) groups is 1. The third-order valence-corrected chi connectivity index (χ3v) is 6.22. The first-order chi connectivity index (χ1) is 15.2. The molecule has 1 amide bonds. The minimum atomic E-state index is 0. The van der Waals surface area contributed by atoms with Gasteiger partial charge in [-0.05, 0) is 41.5 Å². The zero-order valence-electron chi connectivity index (χ0n) is 17.9. The molecule has 3 N–H and O–H groups in total. The van der Waals surface area contributed by atoms with Crippen molar-refractivity contribution in [1.29, 1.82) is 0 Å². The van der Waals surface area contributed by atoms with Crippen LogP contribution in [-0.2, 0) is 11.3 Å². The number of nitrogens with one attached hydrogen (secondary N) is 3. The molecule has 3 aromatic rings. The number of guanidine groups is 1. The maximum absolute atomic E-state index is 12.0. The van der Waals surface area contributed by atoms with Gasteiger partial charge in [0.2, 0.25) is 5.91 Å². The first kappa shape index (κ1) is 24.1. The number of benzene rings is 3. The van der Waals surface area contributed by atoms with Crippen LogP contribution in [0.1, 0.15) is 23.5 Å². The summed E-state index contributed by atoms with van der Waals surface area (Å²) in [6.07, 6.45) is 0.474. The van der Waals surface area contributed by atoms with Crippen molar-refractivity contribution in [2.45, 2.75) is 28.7 Å². The van der Waals surface area contributed by atoms with E-state index in [1.807, 2.05) is 24.3 Å². The van der Waals surface area contributed by atoms with Gasteiger partial charge in [0.25, 0.3) is 0 Å². The predicted octanol–water partition coefficient (Wildman–Crippen LogP) is 5.25. The maximum atomic E-state index is 12.0. The first-order valence-electron chi connectivity index (χ1n) is 10.4. The van der Waals surface area contributed by atoms with Gasteiger partial charge in [-0.25, -0.2) is 0 Å². The third kappa shape index (κ3) is 6.49. The van der Waals surface area contributed by atoms with Gasteiger partial charge in [0, 0.05) is 48.0 Å². The monoisotopic (exact) mass is 558 g/mol. The highest BCUT2D eigenvalue weighted by molar-refractivity contribution is 14.0. The summed E-state index contributed by atoms with van der Waals surface area (Å²) < 4.78 is 0. The topological polar surface area (TPSA) is 65.5 Å². The molecule has 0 aromatic heterocycles. The summed E-state index contributed by atoms with van der Waals surface area (Å²) in [4.78, 5) is 18.8. The Morgan fingerprint density at radius 2 is 1.66 bits per heavy atom. The van der Waals surface area contributed by atoms with Gasteiger partial charge in [-0.1, -0.05) is 60.3 Å². The fourth-order valence-electron chi connectivity index (χ4n) is 3.61. The molecule has 1 heterocycles. The molecule has 1 unspecified atom stereocenters. The number of amides is 1. The Morgan fingerprint density at radius 1 is 0.969 bits per heavy atom. The number of nitrogens with zero attached hydrogens (tertiary/aromatic N) is 1. The SMILES string of the molecule is CN=C(NCc1ccc(Sc2ccccc2)cc1)NCC1CC(=O)Nc2ccccc21.I. The molecular formula is C25H27IN4OS. The van der Waals surface area contributed by atoms with Crippen LogP contribution < -0.4 is 16.0 Å². The zero-order valence-corrected chi connectivity index (χ0v) is 21.0. The Balaban J connectivity index is 0.00000289. The fraction of sp³-hybridized carbons (Fsp3) is 0.200. The third-order valence-electron chi connectivity index (χ3n) is 5.21. The van der Waals surface area contributed by atoms with E-state index in [-0.39, 0.29) is 35.8 Å². The standard InChI is InChI=1S/C25H26N4OS.HI/c1-26-25(28-17-19-15-24(30)29-23-10-6-5-9-22(19)23)27-16-18-11-13-21(14-12-18)31-20-7-3-2-4-8-20;/h2-14,19H,15-17H2,1H3,(H,29,30)(H2,26,27,28);1H. The van der Waals surface area contributed by atoms with Crippen LogP contribution in [0.5, 0.6) is 0 Å². The first-order valence-corrected chi connectivity index (χ1v) is 11.2. The molecule has 0 saturated heterocycles. The second-order valence-electron chi connectivity index (χ2n) is 7.40. The Labute approximate surface area is 210 Å². The molecule has 7 heteroatoms. The number of hydrogen-bond acceptors (Lipinski definition) is 3. The van der Waals surface area contributed by atoms with Crippen LogP contribution in [0.15, 0.2) is 93.6 Å². The molecule has 32 heavy (non-hydrogen) atoms. The van der Waals surface area contributed by atoms with Gasteiger partial charge < -0.3 is 16.0 Å². The van der Waals surface area contributed by atoms with E-state index in [0.717, 1.165) is 17.2 Å². The Morgan fingerprint density at radius 3 is 2.41 bits per heavy atom. The van der Waals surface area contributed by atoms with Gasteiger partial charge in [0.05, 0.1) is 0 Å². The summed E-state index contributed by atoms with van der Waals surface area (Å²) in [6.45, 7) is 1.33. The normalized spacial score (nSPS) is 15.2. The summed E-state index contributed by atoms with van der Waals surface area (Å²) in [7, 11) is 1.76. The Hall–Kier alpha value is -2.52. The van der Waals surface area contributed by atoms with E-state index in [9.17, 15) is 4.79 Å². The van der Waals surface area contributed by atoms with E-state index in [1.54, 1.807) is 18.8 Å². The summed E-state index contributed by atoms with van der Waals surface area (Å²) in [5, 5.41) is 9.67. The van der Waals surface area contributed by atoms with Crippen molar-refractivity contribution in [3.8, 4) is 0 Å². The van der Waals surface area contributed by atoms with Crippen molar-refractivity contribution in [2.75, 3.05) is 18.9 Å². The van der Waals surface area contributed by atoms with Crippen LogP contribution in [0.4, 0.5) is 5.69 Å². The molecular weight excluding hydrogens is 531 g/mol. The summed E-state index contributed by atoms with van der Waals surface area (Å²) >= 11 is 1.75. The van der Waals surface area contributed by atoms with Crippen LogP contribution in [0.25, 0.3) is 0 Å². The van der Waals surface area contributed by atoms with Gasteiger partial charge >= 0.3 is 0 Å². The predicted molar refractivity (Wildman–Crippen MR) is 143 cm³/mol. The highest BCUT2D eigenvalue weighted by atomic mass is 127. The fourth-order valence-corrected chi connectivity index (χ4v) is 4.45. The molecule has 166 valence electrons. The lowest BCUT2D eigenvalue weighted by atomic mass is 9.90. The number of anilines is 1. The highest BCUT2D eigenvalue weighted by Crippen LogP contribution is 2.31. The van der Waals surface area contributed by atoms with E-state index in [2.05, 4.69) is 75.5 Å². The van der Waals surface area contributed by atoms with Crippen LogP contribution in [0.2, 0.25) is 0 Å². The van der Waals surface area contributed by atoms with Crippen molar-refractivity contribution < 1.29 is 4.79 Å². The quantitative estimate of drug-likeness (QED) is 0.220. The number of rotatable bonds is 6. The summed E-state index contributed by atoms with van der Waals surface area (Å²) in [5.41, 5.74) is 3.25. The van der Waals surface area contributed by atoms with Crippen LogP contribution in [0.3, 0.4) is 0 Å². The Kier molecular flexibility index (Phi) is 8.99. The molecule has 0 radical (unpaired) electrons. The highest BCUT2D eigenvalue weighted by Gasteiger charge is 2.24. The zero-order chi connectivity index (χ0) is 21.5.